The van der Waals surface area contributed by atoms with Gasteiger partial charge in [-0.25, -0.2) is 0 Å². The zero-order valence-electron chi connectivity index (χ0n) is 8.14. The lowest BCUT2D eigenvalue weighted by molar-refractivity contribution is -0.363. The van der Waals surface area contributed by atoms with E-state index >= 15 is 0 Å². The quantitative estimate of drug-likeness (QED) is 0.758. The number of carboxylic acid groups (broad SMARTS) is 2. The molecule has 0 radical (unpaired) electrons. The van der Waals surface area contributed by atoms with Crippen LogP contribution >= 0.6 is 0 Å². The summed E-state index contributed by atoms with van der Waals surface area (Å²) in [6.45, 7) is 0. The molecule has 0 bridgehead atoms. The highest BCUT2D eigenvalue weighted by molar-refractivity contribution is 5.78. The van der Waals surface area contributed by atoms with Crippen molar-refractivity contribution < 1.29 is 50.5 Å². The zero-order valence-corrected chi connectivity index (χ0v) is 8.14. The van der Waals surface area contributed by atoms with Crippen molar-refractivity contribution in [1.82, 2.24) is 0 Å². The molecule has 0 aliphatic heterocycles. The zero-order chi connectivity index (χ0) is 14.9. The summed E-state index contributed by atoms with van der Waals surface area (Å²) < 4.78 is 85.8. The van der Waals surface area contributed by atoms with Crippen LogP contribution in [-0.2, 0) is 9.59 Å². The molecule has 0 amide bonds. The van der Waals surface area contributed by atoms with Gasteiger partial charge in [-0.2, -0.15) is 30.7 Å². The molecule has 0 saturated heterocycles. The molecule has 1 unspecified atom stereocenters. The van der Waals surface area contributed by atoms with Crippen molar-refractivity contribution in [3.8, 4) is 0 Å². The smallest absolute Gasteiger partial charge is 0.459 e. The average molecular weight is 286 g/mol. The second kappa shape index (κ2) is 4.61. The lowest BCUT2D eigenvalue weighted by Gasteiger charge is -2.31. The Kier molecular flexibility index (Phi) is 4.21. The second-order valence-electron chi connectivity index (χ2n) is 3.18. The summed E-state index contributed by atoms with van der Waals surface area (Å²) in [4.78, 5) is 20.2. The van der Waals surface area contributed by atoms with Crippen LogP contribution in [0.25, 0.3) is 0 Å². The minimum atomic E-state index is -6.71. The molecule has 0 rings (SSSR count). The number of hydrogen-bond donors (Lipinski definition) is 2. The van der Waals surface area contributed by atoms with Gasteiger partial charge in [-0.1, -0.05) is 0 Å². The SMILES string of the molecule is O=C(O)CC(C(=O)O)C(F)(F)C(F)(F)C(F)(F)F. The van der Waals surface area contributed by atoms with E-state index < -0.39 is 42.3 Å². The number of hydrogen-bond acceptors (Lipinski definition) is 2. The Morgan fingerprint density at radius 3 is 1.56 bits per heavy atom. The number of aliphatic carboxylic acids is 2. The number of halogens is 7. The lowest BCUT2D eigenvalue weighted by atomic mass is 9.92. The minimum Gasteiger partial charge on any atom is -0.481 e. The van der Waals surface area contributed by atoms with Crippen LogP contribution in [0.5, 0.6) is 0 Å². The number of rotatable bonds is 5. The Morgan fingerprint density at radius 2 is 1.33 bits per heavy atom. The molecule has 0 aliphatic carbocycles. The fraction of sp³-hybridized carbons (Fsp3) is 0.714. The van der Waals surface area contributed by atoms with Gasteiger partial charge in [0.05, 0.1) is 6.42 Å². The number of carbonyl (C=O) groups is 2. The van der Waals surface area contributed by atoms with Crippen LogP contribution in [0.15, 0.2) is 0 Å². The van der Waals surface area contributed by atoms with Crippen molar-refractivity contribution in [1.29, 1.82) is 0 Å². The van der Waals surface area contributed by atoms with E-state index in [1.165, 1.54) is 0 Å². The maximum absolute atomic E-state index is 12.9. The van der Waals surface area contributed by atoms with E-state index in [9.17, 15) is 40.3 Å². The van der Waals surface area contributed by atoms with Gasteiger partial charge in [-0.3, -0.25) is 9.59 Å². The van der Waals surface area contributed by atoms with Crippen molar-refractivity contribution >= 4 is 11.9 Å². The molecule has 18 heavy (non-hydrogen) atoms. The van der Waals surface area contributed by atoms with E-state index in [-0.39, 0.29) is 0 Å². The maximum Gasteiger partial charge on any atom is 0.459 e. The highest BCUT2D eigenvalue weighted by atomic mass is 19.4. The van der Waals surface area contributed by atoms with Gasteiger partial charge in [0.15, 0.2) is 0 Å². The molecule has 106 valence electrons. The van der Waals surface area contributed by atoms with Crippen LogP contribution in [0, 0.1) is 5.92 Å². The summed E-state index contributed by atoms with van der Waals surface area (Å²) in [7, 11) is 0. The molecule has 0 aromatic rings. The van der Waals surface area contributed by atoms with Crippen LogP contribution in [0.4, 0.5) is 30.7 Å². The molecule has 0 aromatic carbocycles. The van der Waals surface area contributed by atoms with E-state index in [2.05, 4.69) is 0 Å². The first-order chi connectivity index (χ1) is 7.75. The van der Waals surface area contributed by atoms with Gasteiger partial charge >= 0.3 is 30.0 Å². The summed E-state index contributed by atoms with van der Waals surface area (Å²) in [6.07, 6.45) is -8.78. The molecule has 4 nitrogen and oxygen atoms in total. The normalized spacial score (nSPS) is 15.3. The molecule has 0 heterocycles. The van der Waals surface area contributed by atoms with Gasteiger partial charge in [0.25, 0.3) is 0 Å². The lowest BCUT2D eigenvalue weighted by Crippen LogP contribution is -2.57. The van der Waals surface area contributed by atoms with Crippen LogP contribution < -0.4 is 0 Å². The Hall–Kier alpha value is -1.55. The Bertz CT molecular complexity index is 348. The maximum atomic E-state index is 12.9. The first-order valence-electron chi connectivity index (χ1n) is 4.02. The monoisotopic (exact) mass is 286 g/mol. The first kappa shape index (κ1) is 16.4. The Labute approximate surface area is 94.0 Å². The third-order valence-electron chi connectivity index (χ3n) is 1.89. The second-order valence-corrected chi connectivity index (χ2v) is 3.18. The fourth-order valence-electron chi connectivity index (χ4n) is 0.953. The predicted molar refractivity (Wildman–Crippen MR) is 39.3 cm³/mol. The molecule has 0 aliphatic rings. The van der Waals surface area contributed by atoms with Crippen LogP contribution in [0.2, 0.25) is 0 Å². The number of carboxylic acids is 2. The summed E-state index contributed by atoms with van der Waals surface area (Å²) >= 11 is 0. The number of alkyl halides is 7. The van der Waals surface area contributed by atoms with Crippen LogP contribution in [-0.4, -0.2) is 40.2 Å². The first-order valence-corrected chi connectivity index (χ1v) is 4.02. The van der Waals surface area contributed by atoms with Crippen LogP contribution in [0.1, 0.15) is 6.42 Å². The van der Waals surface area contributed by atoms with Crippen molar-refractivity contribution in [3.63, 3.8) is 0 Å². The topological polar surface area (TPSA) is 74.6 Å². The summed E-state index contributed by atoms with van der Waals surface area (Å²) in [5.74, 6) is -21.5. The predicted octanol–water partition coefficient (Wildman–Crippen LogP) is 1.99. The van der Waals surface area contributed by atoms with Gasteiger partial charge in [-0.15, -0.1) is 0 Å². The molecule has 0 spiro atoms. The molecule has 1 atom stereocenters. The Morgan fingerprint density at radius 1 is 0.944 bits per heavy atom. The summed E-state index contributed by atoms with van der Waals surface area (Å²) in [6, 6.07) is 0. The highest BCUT2D eigenvalue weighted by Gasteiger charge is 2.76. The highest BCUT2D eigenvalue weighted by Crippen LogP contribution is 2.50. The molecule has 2 N–H and O–H groups in total. The van der Waals surface area contributed by atoms with E-state index in [4.69, 9.17) is 10.2 Å². The van der Waals surface area contributed by atoms with E-state index in [1.54, 1.807) is 0 Å². The minimum absolute atomic E-state index is 2.08. The van der Waals surface area contributed by atoms with Crippen LogP contribution in [0.3, 0.4) is 0 Å². The van der Waals surface area contributed by atoms with Gasteiger partial charge in [0.1, 0.15) is 5.92 Å². The molecule has 0 saturated carbocycles. The van der Waals surface area contributed by atoms with E-state index in [0.29, 0.717) is 0 Å². The average Bonchev–Trinajstić information content (AvgIpc) is 2.10. The molecule has 11 heteroatoms. The van der Waals surface area contributed by atoms with Crippen molar-refractivity contribution in [2.45, 2.75) is 24.4 Å². The van der Waals surface area contributed by atoms with Crippen molar-refractivity contribution in [3.05, 3.63) is 0 Å². The third-order valence-corrected chi connectivity index (χ3v) is 1.89. The van der Waals surface area contributed by atoms with Gasteiger partial charge in [-0.05, 0) is 0 Å². The van der Waals surface area contributed by atoms with Gasteiger partial charge in [0, 0.05) is 0 Å². The largest absolute Gasteiger partial charge is 0.481 e. The summed E-state index contributed by atoms with van der Waals surface area (Å²) in [5.41, 5.74) is 0. The molecule has 0 aromatic heterocycles. The Balaban J connectivity index is 5.56. The van der Waals surface area contributed by atoms with Gasteiger partial charge < -0.3 is 10.2 Å². The van der Waals surface area contributed by atoms with Crippen molar-refractivity contribution in [2.24, 2.45) is 5.92 Å². The van der Waals surface area contributed by atoms with E-state index in [1.807, 2.05) is 0 Å². The molecular weight excluding hydrogens is 281 g/mol. The standard InChI is InChI=1S/C7H5F7O4/c8-5(9,6(10,11)7(12,13)14)2(4(17)18)1-3(15)16/h2H,1H2,(H,15,16)(H,17,18). The summed E-state index contributed by atoms with van der Waals surface area (Å²) in [5, 5.41) is 16.2. The van der Waals surface area contributed by atoms with Crippen molar-refractivity contribution in [2.75, 3.05) is 0 Å². The molecular formula is C7H5F7O4. The van der Waals surface area contributed by atoms with Gasteiger partial charge in [0.2, 0.25) is 0 Å². The fourth-order valence-corrected chi connectivity index (χ4v) is 0.953. The third kappa shape index (κ3) is 2.82. The molecule has 0 fully saturated rings. The van der Waals surface area contributed by atoms with E-state index in [0.717, 1.165) is 0 Å².